The molecule has 0 spiro atoms. The molecular formula is C37H37BrN2O. The third-order valence-corrected chi connectivity index (χ3v) is 7.88. The summed E-state index contributed by atoms with van der Waals surface area (Å²) in [6.45, 7) is 4.80. The summed E-state index contributed by atoms with van der Waals surface area (Å²) in [5.41, 5.74) is 7.93. The van der Waals surface area contributed by atoms with Gasteiger partial charge in [0.05, 0.1) is 12.1 Å². The first-order valence-electron chi connectivity index (χ1n) is 14.5. The molecule has 208 valence electrons. The zero-order valence-electron chi connectivity index (χ0n) is 23.7. The van der Waals surface area contributed by atoms with Crippen molar-refractivity contribution in [1.82, 2.24) is 4.57 Å². The van der Waals surface area contributed by atoms with Crippen LogP contribution in [0.15, 0.2) is 121 Å². The zero-order chi connectivity index (χ0) is 27.1. The van der Waals surface area contributed by atoms with Crippen molar-refractivity contribution in [3.63, 3.8) is 0 Å². The van der Waals surface area contributed by atoms with Crippen molar-refractivity contribution in [3.05, 3.63) is 144 Å². The molecule has 4 heteroatoms. The molecule has 0 fully saturated rings. The lowest BCUT2D eigenvalue weighted by Crippen LogP contribution is -3.00. The Kier molecular flexibility index (Phi) is 9.53. The molecule has 2 heterocycles. The van der Waals surface area contributed by atoms with Crippen LogP contribution < -0.4 is 26.3 Å². The molecule has 0 bridgehead atoms. The van der Waals surface area contributed by atoms with Crippen LogP contribution in [0.3, 0.4) is 0 Å². The van der Waals surface area contributed by atoms with Gasteiger partial charge in [-0.05, 0) is 48.9 Å². The second-order valence-electron chi connectivity index (χ2n) is 10.6. The van der Waals surface area contributed by atoms with Gasteiger partial charge in [0.25, 0.3) is 0 Å². The average Bonchev–Trinajstić information content (AvgIpc) is 3.32. The maximum Gasteiger partial charge on any atom is 0.203 e. The number of aromatic nitrogens is 2. The monoisotopic (exact) mass is 604 g/mol. The van der Waals surface area contributed by atoms with Crippen molar-refractivity contribution in [2.45, 2.75) is 45.7 Å². The predicted molar refractivity (Wildman–Crippen MR) is 165 cm³/mol. The summed E-state index contributed by atoms with van der Waals surface area (Å²) in [5.74, 6) is 0.947. The highest BCUT2D eigenvalue weighted by Gasteiger charge is 2.20. The lowest BCUT2D eigenvalue weighted by molar-refractivity contribution is -0.693. The number of benzene rings is 4. The van der Waals surface area contributed by atoms with Crippen molar-refractivity contribution in [1.29, 1.82) is 0 Å². The minimum atomic E-state index is 0. The van der Waals surface area contributed by atoms with Crippen LogP contribution in [0.25, 0.3) is 21.8 Å². The van der Waals surface area contributed by atoms with Gasteiger partial charge in [0.15, 0.2) is 12.7 Å². The number of aryl methyl sites for hydroxylation is 4. The molecular weight excluding hydrogens is 568 g/mol. The van der Waals surface area contributed by atoms with Crippen LogP contribution in [0.2, 0.25) is 0 Å². The number of rotatable bonds is 11. The Morgan fingerprint density at radius 3 is 1.93 bits per heavy atom. The minimum Gasteiger partial charge on any atom is -1.00 e. The fraction of sp³-hybridized carbons (Fsp3) is 0.216. The summed E-state index contributed by atoms with van der Waals surface area (Å²) in [7, 11) is 0. The van der Waals surface area contributed by atoms with Crippen molar-refractivity contribution in [2.75, 3.05) is 6.61 Å². The number of ether oxygens (including phenoxy) is 1. The molecule has 0 atom stereocenters. The molecule has 6 rings (SSSR count). The first kappa shape index (κ1) is 28.6. The Hall–Kier alpha value is -3.89. The van der Waals surface area contributed by atoms with Gasteiger partial charge < -0.3 is 26.3 Å². The van der Waals surface area contributed by atoms with E-state index in [-0.39, 0.29) is 17.0 Å². The van der Waals surface area contributed by atoms with Gasteiger partial charge >= 0.3 is 0 Å². The Bertz CT molecular complexity index is 1700. The highest BCUT2D eigenvalue weighted by molar-refractivity contribution is 6.08. The minimum absolute atomic E-state index is 0. The lowest BCUT2D eigenvalue weighted by Gasteiger charge is -2.11. The fourth-order valence-electron chi connectivity index (χ4n) is 5.80. The van der Waals surface area contributed by atoms with Gasteiger partial charge in [0.1, 0.15) is 11.3 Å². The van der Waals surface area contributed by atoms with E-state index in [0.717, 1.165) is 44.5 Å². The molecule has 3 nitrogen and oxygen atoms in total. The number of hydrogen-bond acceptors (Lipinski definition) is 1. The van der Waals surface area contributed by atoms with Crippen LogP contribution in [0.1, 0.15) is 35.2 Å². The summed E-state index contributed by atoms with van der Waals surface area (Å²) in [4.78, 5) is 0. The van der Waals surface area contributed by atoms with Crippen molar-refractivity contribution >= 4 is 21.8 Å². The molecule has 6 aromatic rings. The second kappa shape index (κ2) is 13.6. The van der Waals surface area contributed by atoms with Gasteiger partial charge in [-0.3, -0.25) is 0 Å². The largest absolute Gasteiger partial charge is 1.00 e. The molecule has 0 radical (unpaired) electrons. The maximum absolute atomic E-state index is 6.28. The van der Waals surface area contributed by atoms with Gasteiger partial charge in [-0.2, -0.15) is 4.57 Å². The van der Waals surface area contributed by atoms with Crippen molar-refractivity contribution in [3.8, 4) is 5.75 Å². The van der Waals surface area contributed by atoms with Gasteiger partial charge in [-0.1, -0.05) is 91.0 Å². The van der Waals surface area contributed by atoms with E-state index in [2.05, 4.69) is 138 Å². The summed E-state index contributed by atoms with van der Waals surface area (Å²) < 4.78 is 11.2. The topological polar surface area (TPSA) is 18.0 Å². The summed E-state index contributed by atoms with van der Waals surface area (Å²) in [5, 5.41) is 2.61. The Balaban J connectivity index is 0.00000337. The standard InChI is InChI=1S/C37H37N2O.BrH/c1-29-37-35(23-25-38(29)28-32-17-9-4-10-18-32)34-22-21-33(40-26-12-20-31-15-7-3-8-16-31)27-36(34)39(37)24-11-19-30-13-5-2-6-14-30;/h2-10,13-18,21-23,25,27H,11-12,19-20,24,26,28H2,1H3;1H/q+1;/p-1. The summed E-state index contributed by atoms with van der Waals surface area (Å²) >= 11 is 0. The third kappa shape index (κ3) is 6.71. The van der Waals surface area contributed by atoms with Crippen molar-refractivity contribution < 1.29 is 26.3 Å². The SMILES string of the molecule is Cc1c2c(cc[n+]1Cc1ccccc1)c1ccc(OCCCc3ccccc3)cc1n2CCCc1ccccc1.[Br-]. The lowest BCUT2D eigenvalue weighted by atomic mass is 10.1. The molecule has 0 aliphatic heterocycles. The number of pyridine rings is 1. The molecule has 0 aliphatic rings. The number of fused-ring (bicyclic) bond motifs is 3. The van der Waals surface area contributed by atoms with E-state index < -0.39 is 0 Å². The zero-order valence-corrected chi connectivity index (χ0v) is 25.3. The van der Waals surface area contributed by atoms with Crippen LogP contribution in [0.5, 0.6) is 5.75 Å². The van der Waals surface area contributed by atoms with E-state index in [4.69, 9.17) is 4.74 Å². The second-order valence-corrected chi connectivity index (χ2v) is 10.6. The van der Waals surface area contributed by atoms with E-state index in [1.165, 1.54) is 44.2 Å². The molecule has 41 heavy (non-hydrogen) atoms. The molecule has 0 saturated heterocycles. The van der Waals surface area contributed by atoms with Crippen LogP contribution >= 0.6 is 0 Å². The summed E-state index contributed by atoms with van der Waals surface area (Å²) in [6, 6.07) is 41.1. The van der Waals surface area contributed by atoms with E-state index >= 15 is 0 Å². The number of hydrogen-bond donors (Lipinski definition) is 0. The van der Waals surface area contributed by atoms with Gasteiger partial charge in [-0.25, -0.2) is 0 Å². The first-order chi connectivity index (χ1) is 19.8. The Morgan fingerprint density at radius 2 is 1.27 bits per heavy atom. The van der Waals surface area contributed by atoms with Crippen LogP contribution in [0.4, 0.5) is 0 Å². The first-order valence-corrected chi connectivity index (χ1v) is 14.5. The average molecular weight is 606 g/mol. The Morgan fingerprint density at radius 1 is 0.659 bits per heavy atom. The van der Waals surface area contributed by atoms with Gasteiger partial charge in [-0.15, -0.1) is 0 Å². The molecule has 0 unspecified atom stereocenters. The van der Waals surface area contributed by atoms with Gasteiger partial charge in [0.2, 0.25) is 5.69 Å². The molecule has 0 amide bonds. The van der Waals surface area contributed by atoms with E-state index in [1.54, 1.807) is 0 Å². The van der Waals surface area contributed by atoms with E-state index in [9.17, 15) is 0 Å². The fourth-order valence-corrected chi connectivity index (χ4v) is 5.80. The van der Waals surface area contributed by atoms with Crippen LogP contribution in [-0.2, 0) is 25.9 Å². The molecule has 0 aliphatic carbocycles. The smallest absolute Gasteiger partial charge is 0.203 e. The van der Waals surface area contributed by atoms with E-state index in [1.807, 2.05) is 0 Å². The Labute approximate surface area is 253 Å². The summed E-state index contributed by atoms with van der Waals surface area (Å²) in [6.07, 6.45) is 6.42. The maximum atomic E-state index is 6.28. The van der Waals surface area contributed by atoms with E-state index in [0.29, 0.717) is 6.61 Å². The van der Waals surface area contributed by atoms with Crippen LogP contribution in [-0.4, -0.2) is 11.2 Å². The molecule has 0 N–H and O–H groups in total. The van der Waals surface area contributed by atoms with Crippen LogP contribution in [0, 0.1) is 6.92 Å². The number of nitrogens with zero attached hydrogens (tertiary/aromatic N) is 2. The van der Waals surface area contributed by atoms with Gasteiger partial charge in [0, 0.05) is 41.9 Å². The number of halogens is 1. The highest BCUT2D eigenvalue weighted by Crippen LogP contribution is 2.33. The molecule has 0 saturated carbocycles. The highest BCUT2D eigenvalue weighted by atomic mass is 79.9. The third-order valence-electron chi connectivity index (χ3n) is 7.88. The quantitative estimate of drug-likeness (QED) is 0.149. The predicted octanol–water partition coefficient (Wildman–Crippen LogP) is 5.09. The molecule has 4 aromatic carbocycles. The molecule has 2 aromatic heterocycles. The normalized spacial score (nSPS) is 11.0. The van der Waals surface area contributed by atoms with Crippen molar-refractivity contribution in [2.24, 2.45) is 0 Å².